The number of hydrogen-bond acceptors (Lipinski definition) is 5. The van der Waals surface area contributed by atoms with E-state index in [9.17, 15) is 4.79 Å². The maximum Gasteiger partial charge on any atom is 0.318 e. The molecule has 1 rings (SSSR count). The summed E-state index contributed by atoms with van der Waals surface area (Å²) in [5.74, 6) is 0.214. The number of anilines is 1. The van der Waals surface area contributed by atoms with E-state index in [0.29, 0.717) is 5.89 Å². The molecule has 1 N–H and O–H groups in total. The lowest BCUT2D eigenvalue weighted by atomic mass is 10.5. The van der Waals surface area contributed by atoms with Gasteiger partial charge in [0.1, 0.15) is 11.9 Å². The summed E-state index contributed by atoms with van der Waals surface area (Å²) in [6.07, 6.45) is 0. The van der Waals surface area contributed by atoms with Gasteiger partial charge in [0.15, 0.2) is 0 Å². The Balaban J connectivity index is 2.65. The molecule has 1 heterocycles. The van der Waals surface area contributed by atoms with Crippen molar-refractivity contribution in [1.29, 1.82) is 0 Å². The smallest absolute Gasteiger partial charge is 0.318 e. The molecule has 1 aromatic heterocycles. The van der Waals surface area contributed by atoms with Gasteiger partial charge in [-0.2, -0.15) is 0 Å². The second-order valence-electron chi connectivity index (χ2n) is 3.07. The first-order valence-corrected chi connectivity index (χ1v) is 4.87. The molecular formula is C8H13ClN4O2. The Hall–Kier alpha value is -1.30. The molecule has 84 valence electrons. The molecule has 7 heteroatoms. The summed E-state index contributed by atoms with van der Waals surface area (Å²) < 4.78 is 5.24. The fourth-order valence-electron chi connectivity index (χ4n) is 0.904. The minimum absolute atomic E-state index is 0.129. The van der Waals surface area contributed by atoms with Crippen LogP contribution in [0.1, 0.15) is 18.2 Å². The van der Waals surface area contributed by atoms with Crippen LogP contribution in [0.15, 0.2) is 4.42 Å². The zero-order valence-corrected chi connectivity index (χ0v) is 9.58. The first-order chi connectivity index (χ1) is 7.04. The van der Waals surface area contributed by atoms with Crippen LogP contribution in [0, 0.1) is 0 Å². The van der Waals surface area contributed by atoms with Crippen LogP contribution in [-0.4, -0.2) is 36.7 Å². The maximum atomic E-state index is 11.1. The summed E-state index contributed by atoms with van der Waals surface area (Å²) in [7, 11) is 3.25. The third kappa shape index (κ3) is 3.09. The number of likely N-dealkylation sites (N-methyl/N-ethyl adjacent to an activating group) is 2. The Bertz CT molecular complexity index is 339. The number of alkyl halides is 1. The highest BCUT2D eigenvalue weighted by molar-refractivity contribution is 6.20. The second kappa shape index (κ2) is 4.97. The van der Waals surface area contributed by atoms with E-state index in [1.165, 1.54) is 0 Å². The third-order valence-corrected chi connectivity index (χ3v) is 1.94. The van der Waals surface area contributed by atoms with Gasteiger partial charge in [-0.15, -0.1) is 16.7 Å². The van der Waals surface area contributed by atoms with Crippen LogP contribution < -0.4 is 10.2 Å². The lowest BCUT2D eigenvalue weighted by Gasteiger charge is -2.11. The number of carbonyl (C=O) groups is 1. The molecule has 0 aliphatic rings. The molecule has 0 aliphatic carbocycles. The zero-order valence-electron chi connectivity index (χ0n) is 8.82. The van der Waals surface area contributed by atoms with E-state index in [-0.39, 0.29) is 23.8 Å². The van der Waals surface area contributed by atoms with Gasteiger partial charge in [-0.05, 0) is 6.92 Å². The monoisotopic (exact) mass is 232 g/mol. The molecule has 0 radical (unpaired) electrons. The van der Waals surface area contributed by atoms with Crippen molar-refractivity contribution < 1.29 is 9.21 Å². The van der Waals surface area contributed by atoms with E-state index in [0.717, 1.165) is 0 Å². The third-order valence-electron chi connectivity index (χ3n) is 1.76. The van der Waals surface area contributed by atoms with Gasteiger partial charge in [0, 0.05) is 14.1 Å². The highest BCUT2D eigenvalue weighted by Gasteiger charge is 2.15. The van der Waals surface area contributed by atoms with Crippen molar-refractivity contribution in [3.8, 4) is 0 Å². The predicted molar refractivity (Wildman–Crippen MR) is 55.9 cm³/mol. The minimum Gasteiger partial charge on any atom is -0.406 e. The molecule has 0 saturated carbocycles. The number of hydrogen-bond donors (Lipinski definition) is 1. The van der Waals surface area contributed by atoms with E-state index in [2.05, 4.69) is 15.5 Å². The van der Waals surface area contributed by atoms with Crippen LogP contribution in [-0.2, 0) is 4.79 Å². The highest BCUT2D eigenvalue weighted by atomic mass is 35.5. The van der Waals surface area contributed by atoms with Crippen LogP contribution in [0.3, 0.4) is 0 Å². The largest absolute Gasteiger partial charge is 0.406 e. The number of rotatable bonds is 4. The molecule has 0 aromatic carbocycles. The van der Waals surface area contributed by atoms with E-state index in [1.54, 1.807) is 25.9 Å². The van der Waals surface area contributed by atoms with Crippen molar-refractivity contribution in [2.75, 3.05) is 25.5 Å². The first kappa shape index (κ1) is 11.8. The standard InChI is InChI=1S/C8H13ClN4O2/c1-5(9)7-11-12-8(15-7)13(3)4-6(14)10-2/h5H,4H2,1-3H3,(H,10,14). The normalized spacial score (nSPS) is 12.3. The number of aromatic nitrogens is 2. The number of nitrogens with one attached hydrogen (secondary N) is 1. The Morgan fingerprint density at radius 3 is 2.80 bits per heavy atom. The summed E-state index contributed by atoms with van der Waals surface area (Å²) in [5, 5.41) is 9.68. The molecule has 1 atom stereocenters. The molecule has 0 bridgehead atoms. The highest BCUT2D eigenvalue weighted by Crippen LogP contribution is 2.20. The van der Waals surface area contributed by atoms with Crippen molar-refractivity contribution in [1.82, 2.24) is 15.5 Å². The molecule has 1 amide bonds. The van der Waals surface area contributed by atoms with Gasteiger partial charge in [-0.25, -0.2) is 0 Å². The van der Waals surface area contributed by atoms with Gasteiger partial charge in [-0.3, -0.25) is 4.79 Å². The Labute approximate surface area is 92.6 Å². The van der Waals surface area contributed by atoms with Gasteiger partial charge >= 0.3 is 6.01 Å². The molecule has 1 aromatic rings. The van der Waals surface area contributed by atoms with Crippen LogP contribution in [0.5, 0.6) is 0 Å². The molecule has 0 fully saturated rings. The van der Waals surface area contributed by atoms with Crippen LogP contribution in [0.4, 0.5) is 6.01 Å². The molecular weight excluding hydrogens is 220 g/mol. The van der Waals surface area contributed by atoms with E-state index in [1.807, 2.05) is 0 Å². The summed E-state index contributed by atoms with van der Waals surface area (Å²) in [6.45, 7) is 1.90. The Morgan fingerprint density at radius 2 is 2.33 bits per heavy atom. The first-order valence-electron chi connectivity index (χ1n) is 4.43. The molecule has 0 spiro atoms. The zero-order chi connectivity index (χ0) is 11.4. The van der Waals surface area contributed by atoms with Crippen LogP contribution in [0.2, 0.25) is 0 Å². The van der Waals surface area contributed by atoms with Crippen molar-refractivity contribution in [3.63, 3.8) is 0 Å². The lowest BCUT2D eigenvalue weighted by molar-refractivity contribution is -0.119. The number of amides is 1. The quantitative estimate of drug-likeness (QED) is 0.768. The number of nitrogens with zero attached hydrogens (tertiary/aromatic N) is 3. The SMILES string of the molecule is CNC(=O)CN(C)c1nnc(C(C)Cl)o1. The second-order valence-corrected chi connectivity index (χ2v) is 3.72. The fraction of sp³-hybridized carbons (Fsp3) is 0.625. The van der Waals surface area contributed by atoms with Gasteiger partial charge in [-0.1, -0.05) is 5.10 Å². The summed E-state index contributed by atoms with van der Waals surface area (Å²) in [4.78, 5) is 12.6. The molecule has 0 aliphatic heterocycles. The molecule has 0 saturated heterocycles. The van der Waals surface area contributed by atoms with Crippen molar-refractivity contribution >= 4 is 23.5 Å². The minimum atomic E-state index is -0.334. The Kier molecular flexibility index (Phi) is 3.90. The number of carbonyl (C=O) groups excluding carboxylic acids is 1. The Morgan fingerprint density at radius 1 is 1.67 bits per heavy atom. The summed E-state index contributed by atoms with van der Waals surface area (Å²) >= 11 is 5.76. The topological polar surface area (TPSA) is 71.3 Å². The molecule has 6 nitrogen and oxygen atoms in total. The molecule has 15 heavy (non-hydrogen) atoms. The predicted octanol–water partition coefficient (Wildman–Crippen LogP) is 0.552. The van der Waals surface area contributed by atoms with Gasteiger partial charge in [0.2, 0.25) is 11.8 Å². The van der Waals surface area contributed by atoms with E-state index >= 15 is 0 Å². The summed E-state index contributed by atoms with van der Waals surface area (Å²) in [6, 6.07) is 0.279. The lowest BCUT2D eigenvalue weighted by Crippen LogP contribution is -2.33. The fourth-order valence-corrected chi connectivity index (χ4v) is 0.992. The average molecular weight is 233 g/mol. The molecule has 1 unspecified atom stereocenters. The van der Waals surface area contributed by atoms with E-state index in [4.69, 9.17) is 16.0 Å². The van der Waals surface area contributed by atoms with Crippen molar-refractivity contribution in [2.24, 2.45) is 0 Å². The van der Waals surface area contributed by atoms with Gasteiger partial charge < -0.3 is 14.6 Å². The maximum absolute atomic E-state index is 11.1. The summed E-state index contributed by atoms with van der Waals surface area (Å²) in [5.41, 5.74) is 0. The average Bonchev–Trinajstić information content (AvgIpc) is 2.66. The van der Waals surface area contributed by atoms with Crippen LogP contribution in [0.25, 0.3) is 0 Å². The van der Waals surface area contributed by atoms with E-state index < -0.39 is 0 Å². The number of halogens is 1. The van der Waals surface area contributed by atoms with Gasteiger partial charge in [0.25, 0.3) is 0 Å². The van der Waals surface area contributed by atoms with Crippen LogP contribution >= 0.6 is 11.6 Å². The van der Waals surface area contributed by atoms with Crippen molar-refractivity contribution in [2.45, 2.75) is 12.3 Å². The van der Waals surface area contributed by atoms with Crippen molar-refractivity contribution in [3.05, 3.63) is 5.89 Å². The van der Waals surface area contributed by atoms with Gasteiger partial charge in [0.05, 0.1) is 0 Å².